The molecule has 16 heteroatoms. The quantitative estimate of drug-likeness (QED) is 0.254. The zero-order valence-corrected chi connectivity index (χ0v) is 13.6. The molecule has 0 aromatic heterocycles. The minimum atomic E-state index is -8.44. The first kappa shape index (κ1) is 27.9. The maximum atomic E-state index is 13.4. The number of allylic oxidation sites excluding steroid dienone is 2. The lowest BCUT2D eigenvalue weighted by Crippen LogP contribution is -2.74. The molecule has 0 spiro atoms. The first-order valence-corrected chi connectivity index (χ1v) is 6.64. The third kappa shape index (κ3) is 3.39. The fraction of sp³-hybridized carbons (Fsp3) is 0.571. The highest BCUT2D eigenvalue weighted by Gasteiger charge is 2.94. The zero-order chi connectivity index (χ0) is 24.8. The van der Waals surface area contributed by atoms with Crippen LogP contribution in [0.3, 0.4) is 0 Å². The second-order valence-corrected chi connectivity index (χ2v) is 5.39. The minimum absolute atomic E-state index is 0.710. The molecule has 0 aliphatic heterocycles. The molecule has 174 valence electrons. The van der Waals surface area contributed by atoms with Gasteiger partial charge in [-0.2, -0.15) is 70.2 Å². The van der Waals surface area contributed by atoms with Crippen molar-refractivity contribution in [2.45, 2.75) is 47.4 Å². The molecule has 0 atom stereocenters. The molecule has 0 aliphatic carbocycles. The van der Waals surface area contributed by atoms with Gasteiger partial charge in [-0.15, -0.1) is 11.5 Å². The van der Waals surface area contributed by atoms with Crippen LogP contribution in [0, 0.1) is 0 Å². The first-order valence-electron chi connectivity index (χ1n) is 6.64. The zero-order valence-electron chi connectivity index (χ0n) is 13.6. The van der Waals surface area contributed by atoms with E-state index in [1.54, 1.807) is 0 Å². The highest BCUT2D eigenvalue weighted by molar-refractivity contribution is 5.19. The van der Waals surface area contributed by atoms with Crippen LogP contribution in [0.5, 0.6) is 0 Å². The lowest BCUT2D eigenvalue weighted by Gasteiger charge is -2.43. The summed E-state index contributed by atoms with van der Waals surface area (Å²) in [5.74, 6) is -61.6. The van der Waals surface area contributed by atoms with Crippen LogP contribution in [0.2, 0.25) is 0 Å². The van der Waals surface area contributed by atoms with Gasteiger partial charge in [-0.1, -0.05) is 13.2 Å². The van der Waals surface area contributed by atoms with Gasteiger partial charge in [-0.3, -0.25) is 0 Å². The Kier molecular flexibility index (Phi) is 6.75. The summed E-state index contributed by atoms with van der Waals surface area (Å²) < 4.78 is 212. The highest BCUT2D eigenvalue weighted by atomic mass is 19.4. The third-order valence-electron chi connectivity index (χ3n) is 3.38. The molecule has 0 aliphatic rings. The van der Waals surface area contributed by atoms with Gasteiger partial charge in [0.25, 0.3) is 0 Å². The molecule has 0 amide bonds. The van der Waals surface area contributed by atoms with Crippen LogP contribution in [0.1, 0.15) is 0 Å². The maximum Gasteiger partial charge on any atom is 0.385 e. The predicted molar refractivity (Wildman–Crippen MR) is 67.0 cm³/mol. The fourth-order valence-corrected chi connectivity index (χ4v) is 1.64. The second kappa shape index (κ2) is 7.26. The molecule has 30 heavy (non-hydrogen) atoms. The van der Waals surface area contributed by atoms with Crippen LogP contribution in [0.25, 0.3) is 0 Å². The fourth-order valence-electron chi connectivity index (χ4n) is 1.64. The molecule has 0 nitrogen and oxygen atoms in total. The Morgan fingerprint density at radius 2 is 0.533 bits per heavy atom. The van der Waals surface area contributed by atoms with Gasteiger partial charge in [0.05, 0.1) is 0 Å². The maximum absolute atomic E-state index is 13.4. The Hall–Kier alpha value is -2.08. The molecule has 0 fully saturated rings. The van der Waals surface area contributed by atoms with Crippen molar-refractivity contribution >= 4 is 0 Å². The van der Waals surface area contributed by atoms with Crippen LogP contribution in [0.4, 0.5) is 70.2 Å². The molecule has 0 aromatic carbocycles. The van der Waals surface area contributed by atoms with E-state index in [1.165, 1.54) is 0 Å². The van der Waals surface area contributed by atoms with Gasteiger partial charge in [-0.05, 0) is 0 Å². The average molecular weight is 478 g/mol. The van der Waals surface area contributed by atoms with Gasteiger partial charge in [0.1, 0.15) is 0 Å². The van der Waals surface area contributed by atoms with E-state index < -0.39 is 59.5 Å². The van der Waals surface area contributed by atoms with Crippen molar-refractivity contribution in [2.75, 3.05) is 0 Å². The molecule has 0 radical (unpaired) electrons. The summed E-state index contributed by atoms with van der Waals surface area (Å²) in [7, 11) is 0. The molecule has 0 heterocycles. The average Bonchev–Trinajstić information content (AvgIpc) is 2.53. The molecule has 0 unspecified atom stereocenters. The van der Waals surface area contributed by atoms with Crippen molar-refractivity contribution in [3.8, 4) is 0 Å². The number of rotatable bonds is 9. The van der Waals surface area contributed by atoms with Crippen molar-refractivity contribution in [1.82, 2.24) is 0 Å². The van der Waals surface area contributed by atoms with E-state index in [2.05, 4.69) is 13.2 Å². The van der Waals surface area contributed by atoms with Crippen LogP contribution < -0.4 is 0 Å². The summed E-state index contributed by atoms with van der Waals surface area (Å²) in [6.07, 6.45) is -2.88. The largest absolute Gasteiger partial charge is 0.385 e. The van der Waals surface area contributed by atoms with Gasteiger partial charge >= 0.3 is 47.4 Å². The van der Waals surface area contributed by atoms with E-state index in [9.17, 15) is 70.2 Å². The van der Waals surface area contributed by atoms with Crippen LogP contribution in [-0.2, 0) is 0 Å². The van der Waals surface area contributed by atoms with Crippen molar-refractivity contribution < 1.29 is 70.2 Å². The van der Waals surface area contributed by atoms with Gasteiger partial charge in [-0.25, -0.2) is 0 Å². The number of alkyl halides is 16. The van der Waals surface area contributed by atoms with E-state index in [1.807, 2.05) is 0 Å². The first-order chi connectivity index (χ1) is 12.9. The van der Waals surface area contributed by atoms with Crippen LogP contribution in [0.15, 0.2) is 36.8 Å². The van der Waals surface area contributed by atoms with Gasteiger partial charge in [0.2, 0.25) is 0 Å². The van der Waals surface area contributed by atoms with E-state index in [-0.39, 0.29) is 0 Å². The molecular weight excluding hydrogens is 472 g/mol. The highest BCUT2D eigenvalue weighted by Crippen LogP contribution is 2.63. The molecule has 0 rings (SSSR count). The molecule has 0 saturated carbocycles. The monoisotopic (exact) mass is 478 g/mol. The normalized spacial score (nSPS) is 15.3. The van der Waals surface area contributed by atoms with Crippen molar-refractivity contribution in [3.63, 3.8) is 0 Å². The molecule has 0 aromatic rings. The summed E-state index contributed by atoms with van der Waals surface area (Å²) in [4.78, 5) is 0. The van der Waals surface area contributed by atoms with Gasteiger partial charge in [0, 0.05) is 12.2 Å². The standard InChI is InChI=1S/C14H6F16/c1-3-5-7(15,16)9(19,20)11(23,24)13(27,28)14(29,30)12(25,26)10(21,22)8(17,18)6-4-2/h5-6H,1-2H2. The SMILES string of the molecule is C=C=CC(F)(F)C(F)(F)C(F)(F)C(F)(F)C(F)(F)C(F)(F)C(F)(F)C(F)(F)C=C=C. The van der Waals surface area contributed by atoms with Crippen molar-refractivity contribution in [1.29, 1.82) is 0 Å². The Morgan fingerprint density at radius 1 is 0.367 bits per heavy atom. The van der Waals surface area contributed by atoms with Crippen LogP contribution >= 0.6 is 0 Å². The molecule has 0 N–H and O–H groups in total. The summed E-state index contributed by atoms with van der Waals surface area (Å²) in [5, 5.41) is 0. The lowest BCUT2D eigenvalue weighted by atomic mass is 9.87. The summed E-state index contributed by atoms with van der Waals surface area (Å²) >= 11 is 0. The summed E-state index contributed by atoms with van der Waals surface area (Å²) in [6.45, 7) is 4.35. The van der Waals surface area contributed by atoms with E-state index in [0.29, 0.717) is 11.5 Å². The Bertz CT molecular complexity index is 682. The van der Waals surface area contributed by atoms with Gasteiger partial charge < -0.3 is 0 Å². The Labute approximate surface area is 155 Å². The number of hydrogen-bond acceptors (Lipinski definition) is 0. The van der Waals surface area contributed by atoms with Crippen LogP contribution in [-0.4, -0.2) is 47.4 Å². The Morgan fingerprint density at radius 3 is 0.700 bits per heavy atom. The topological polar surface area (TPSA) is 0 Å². The van der Waals surface area contributed by atoms with E-state index >= 15 is 0 Å². The second-order valence-electron chi connectivity index (χ2n) is 5.39. The lowest BCUT2D eigenvalue weighted by molar-refractivity contribution is -0.448. The van der Waals surface area contributed by atoms with E-state index in [4.69, 9.17) is 0 Å². The van der Waals surface area contributed by atoms with E-state index in [0.717, 1.165) is 0 Å². The van der Waals surface area contributed by atoms with Crippen molar-refractivity contribution in [3.05, 3.63) is 36.8 Å². The van der Waals surface area contributed by atoms with Crippen molar-refractivity contribution in [2.24, 2.45) is 0 Å². The predicted octanol–water partition coefficient (Wildman–Crippen LogP) is 6.75. The number of hydrogen-bond donors (Lipinski definition) is 0. The number of halogens is 16. The summed E-state index contributed by atoms with van der Waals surface area (Å²) in [6, 6.07) is 0. The third-order valence-corrected chi connectivity index (χ3v) is 3.38. The molecule has 0 bridgehead atoms. The minimum Gasteiger partial charge on any atom is -0.194 e. The molecule has 0 saturated heterocycles. The van der Waals surface area contributed by atoms with Gasteiger partial charge in [0.15, 0.2) is 0 Å². The Balaban J connectivity index is 6.88. The molecular formula is C14H6F16. The summed E-state index contributed by atoms with van der Waals surface area (Å²) in [5.41, 5.74) is 1.42. The smallest absolute Gasteiger partial charge is 0.194 e.